The third kappa shape index (κ3) is 3.22. The number of nitrogens with two attached hydrogens (primary N) is 1. The molecular weight excluding hydrogens is 310 g/mol. The molecule has 2 unspecified atom stereocenters. The van der Waals surface area contributed by atoms with Crippen LogP contribution in [-0.4, -0.2) is 31.9 Å². The Labute approximate surface area is 130 Å². The highest BCUT2D eigenvalue weighted by molar-refractivity contribution is 7.89. The average Bonchev–Trinajstić information content (AvgIpc) is 2.48. The summed E-state index contributed by atoms with van der Waals surface area (Å²) in [6.45, 7) is 2.74. The van der Waals surface area contributed by atoms with E-state index in [4.69, 9.17) is 22.6 Å². The number of hydrogen-bond acceptors (Lipinski definition) is 4. The summed E-state index contributed by atoms with van der Waals surface area (Å²) in [4.78, 5) is -0.00672. The molecule has 2 N–H and O–H groups in total. The minimum atomic E-state index is -3.72. The Kier molecular flexibility index (Phi) is 4.89. The topological polar surface area (TPSA) is 87.2 Å². The first-order chi connectivity index (χ1) is 9.90. The van der Waals surface area contributed by atoms with Gasteiger partial charge < -0.3 is 5.73 Å². The fraction of sp³-hybridized carbons (Fsp3) is 0.500. The molecule has 0 aliphatic carbocycles. The molecular formula is C14H18ClN3O2S. The van der Waals surface area contributed by atoms with Crippen molar-refractivity contribution in [1.29, 1.82) is 5.26 Å². The van der Waals surface area contributed by atoms with Gasteiger partial charge in [-0.3, -0.25) is 0 Å². The second kappa shape index (κ2) is 6.32. The number of halogens is 1. The van der Waals surface area contributed by atoms with Crippen molar-refractivity contribution >= 4 is 21.6 Å². The molecule has 0 bridgehead atoms. The first-order valence-corrected chi connectivity index (χ1v) is 8.63. The third-order valence-electron chi connectivity index (χ3n) is 3.90. The molecule has 0 radical (unpaired) electrons. The van der Waals surface area contributed by atoms with Gasteiger partial charge in [-0.1, -0.05) is 11.6 Å². The Morgan fingerprint density at radius 3 is 2.81 bits per heavy atom. The molecule has 0 spiro atoms. The van der Waals surface area contributed by atoms with Gasteiger partial charge in [0.15, 0.2) is 0 Å². The number of benzene rings is 1. The minimum absolute atomic E-state index is 0.00672. The van der Waals surface area contributed by atoms with Gasteiger partial charge in [-0.05, 0) is 50.4 Å². The maximum atomic E-state index is 12.8. The first kappa shape index (κ1) is 16.2. The van der Waals surface area contributed by atoms with Crippen LogP contribution < -0.4 is 5.73 Å². The van der Waals surface area contributed by atoms with E-state index in [2.05, 4.69) is 0 Å². The molecule has 5 nitrogen and oxygen atoms in total. The van der Waals surface area contributed by atoms with Crippen LogP contribution in [0.15, 0.2) is 23.1 Å². The third-order valence-corrected chi connectivity index (χ3v) is 6.36. The largest absolute Gasteiger partial charge is 0.330 e. The lowest BCUT2D eigenvalue weighted by Crippen LogP contribution is -2.47. The van der Waals surface area contributed by atoms with Gasteiger partial charge in [0.1, 0.15) is 4.90 Å². The zero-order chi connectivity index (χ0) is 15.6. The van der Waals surface area contributed by atoms with Crippen molar-refractivity contribution in [2.24, 2.45) is 11.7 Å². The molecule has 1 aliphatic heterocycles. The molecule has 1 aliphatic rings. The van der Waals surface area contributed by atoms with Crippen LogP contribution in [0.5, 0.6) is 0 Å². The van der Waals surface area contributed by atoms with Gasteiger partial charge in [0, 0.05) is 12.6 Å². The van der Waals surface area contributed by atoms with Crippen LogP contribution >= 0.6 is 11.6 Å². The lowest BCUT2D eigenvalue weighted by molar-refractivity contribution is 0.211. The summed E-state index contributed by atoms with van der Waals surface area (Å²) in [7, 11) is -3.72. The Morgan fingerprint density at radius 2 is 2.19 bits per heavy atom. The summed E-state index contributed by atoms with van der Waals surface area (Å²) in [6.07, 6.45) is 1.70. The summed E-state index contributed by atoms with van der Waals surface area (Å²) >= 11 is 6.03. The SMILES string of the molecule is CC1CCC(CN)CN1S(=O)(=O)c1cc(C#N)ccc1Cl. The van der Waals surface area contributed by atoms with Gasteiger partial charge in [-0.2, -0.15) is 9.57 Å². The maximum absolute atomic E-state index is 12.8. The molecule has 1 aromatic rings. The predicted octanol–water partition coefficient (Wildman–Crippen LogP) is 1.96. The molecule has 1 saturated heterocycles. The van der Waals surface area contributed by atoms with Crippen LogP contribution in [0.3, 0.4) is 0 Å². The highest BCUT2D eigenvalue weighted by Gasteiger charge is 2.35. The molecule has 21 heavy (non-hydrogen) atoms. The Hall–Kier alpha value is -1.13. The van der Waals surface area contributed by atoms with Gasteiger partial charge in [-0.15, -0.1) is 0 Å². The van der Waals surface area contributed by atoms with Gasteiger partial charge >= 0.3 is 0 Å². The molecule has 0 amide bonds. The zero-order valence-electron chi connectivity index (χ0n) is 11.8. The van der Waals surface area contributed by atoms with E-state index >= 15 is 0 Å². The molecule has 0 saturated carbocycles. The van der Waals surface area contributed by atoms with Crippen molar-refractivity contribution < 1.29 is 8.42 Å². The molecule has 0 aromatic heterocycles. The smallest absolute Gasteiger partial charge is 0.244 e. The van der Waals surface area contributed by atoms with Crippen molar-refractivity contribution in [1.82, 2.24) is 4.31 Å². The van der Waals surface area contributed by atoms with Crippen LogP contribution in [0.2, 0.25) is 5.02 Å². The summed E-state index contributed by atoms with van der Waals surface area (Å²) < 4.78 is 27.1. The number of nitrogens with zero attached hydrogens (tertiary/aromatic N) is 2. The lowest BCUT2D eigenvalue weighted by atomic mass is 9.96. The van der Waals surface area contributed by atoms with Gasteiger partial charge in [0.25, 0.3) is 0 Å². The van der Waals surface area contributed by atoms with Gasteiger partial charge in [-0.25, -0.2) is 8.42 Å². The zero-order valence-corrected chi connectivity index (χ0v) is 13.4. The first-order valence-electron chi connectivity index (χ1n) is 6.81. The van der Waals surface area contributed by atoms with E-state index in [1.54, 1.807) is 0 Å². The van der Waals surface area contributed by atoms with E-state index in [-0.39, 0.29) is 27.4 Å². The van der Waals surface area contributed by atoms with E-state index in [0.717, 1.165) is 12.8 Å². The molecule has 1 aromatic carbocycles. The standard InChI is InChI=1S/C14H18ClN3O2S/c1-10-2-3-12(8-17)9-18(10)21(19,20)14-6-11(7-16)4-5-13(14)15/h4-6,10,12H,2-3,8-9,17H2,1H3. The molecule has 2 rings (SSSR count). The summed E-state index contributed by atoms with van der Waals surface area (Å²) in [5.41, 5.74) is 5.95. The fourth-order valence-corrected chi connectivity index (χ4v) is 4.81. The second-order valence-corrected chi connectivity index (χ2v) is 7.63. The molecule has 1 heterocycles. The molecule has 114 valence electrons. The minimum Gasteiger partial charge on any atom is -0.330 e. The Balaban J connectivity index is 2.44. The molecule has 7 heteroatoms. The van der Waals surface area contributed by atoms with Crippen LogP contribution in [0.4, 0.5) is 0 Å². The number of hydrogen-bond donors (Lipinski definition) is 1. The van der Waals surface area contributed by atoms with Crippen molar-refractivity contribution in [2.45, 2.75) is 30.7 Å². The van der Waals surface area contributed by atoms with Gasteiger partial charge in [0.2, 0.25) is 10.0 Å². The fourth-order valence-electron chi connectivity index (χ4n) is 2.57. The molecule has 2 atom stereocenters. The number of nitriles is 1. The average molecular weight is 328 g/mol. The van der Waals surface area contributed by atoms with Crippen LogP contribution in [0, 0.1) is 17.2 Å². The van der Waals surface area contributed by atoms with E-state index in [9.17, 15) is 8.42 Å². The monoisotopic (exact) mass is 327 g/mol. The number of rotatable bonds is 3. The lowest BCUT2D eigenvalue weighted by Gasteiger charge is -2.36. The van der Waals surface area contributed by atoms with E-state index in [1.807, 2.05) is 13.0 Å². The number of sulfonamides is 1. The molecule has 1 fully saturated rings. The summed E-state index contributed by atoms with van der Waals surface area (Å²) in [6, 6.07) is 6.12. The second-order valence-electron chi connectivity index (χ2n) is 5.36. The van der Waals surface area contributed by atoms with Crippen molar-refractivity contribution in [3.63, 3.8) is 0 Å². The van der Waals surface area contributed by atoms with Crippen LogP contribution in [0.1, 0.15) is 25.3 Å². The van der Waals surface area contributed by atoms with Crippen LogP contribution in [0.25, 0.3) is 0 Å². The van der Waals surface area contributed by atoms with Crippen molar-refractivity contribution in [2.75, 3.05) is 13.1 Å². The van der Waals surface area contributed by atoms with Gasteiger partial charge in [0.05, 0.1) is 16.7 Å². The normalized spacial score (nSPS) is 23.7. The quantitative estimate of drug-likeness (QED) is 0.919. The summed E-state index contributed by atoms with van der Waals surface area (Å²) in [5, 5.41) is 9.08. The number of piperidine rings is 1. The maximum Gasteiger partial charge on any atom is 0.244 e. The van der Waals surface area contributed by atoms with Crippen molar-refractivity contribution in [3.05, 3.63) is 28.8 Å². The van der Waals surface area contributed by atoms with Crippen LogP contribution in [-0.2, 0) is 10.0 Å². The highest BCUT2D eigenvalue weighted by Crippen LogP contribution is 2.31. The van der Waals surface area contributed by atoms with E-state index < -0.39 is 10.0 Å². The Morgan fingerprint density at radius 1 is 1.48 bits per heavy atom. The summed E-state index contributed by atoms with van der Waals surface area (Å²) in [5.74, 6) is 0.161. The predicted molar refractivity (Wildman–Crippen MR) is 81.3 cm³/mol. The highest BCUT2D eigenvalue weighted by atomic mass is 35.5. The Bertz CT molecular complexity index is 669. The van der Waals surface area contributed by atoms with E-state index in [0.29, 0.717) is 13.1 Å². The van der Waals surface area contributed by atoms with E-state index in [1.165, 1.54) is 22.5 Å². The van der Waals surface area contributed by atoms with Crippen molar-refractivity contribution in [3.8, 4) is 6.07 Å².